The van der Waals surface area contributed by atoms with Crippen LogP contribution < -0.4 is 20.3 Å². The molecule has 0 aromatic heterocycles. The summed E-state index contributed by atoms with van der Waals surface area (Å²) in [5, 5.41) is 2.11. The average Bonchev–Trinajstić information content (AvgIpc) is 2.71. The molecular weight excluding hydrogens is 368 g/mol. The molecule has 0 aliphatic heterocycles. The lowest BCUT2D eigenvalue weighted by atomic mass is 10.1. The second-order valence-corrected chi connectivity index (χ2v) is 6.82. The number of fused-ring (bicyclic) bond motifs is 1. The van der Waals surface area contributed by atoms with Gasteiger partial charge in [-0.25, -0.2) is 0 Å². The summed E-state index contributed by atoms with van der Waals surface area (Å²) in [6.07, 6.45) is -0.781. The molecule has 0 radical (unpaired) electrons. The van der Waals surface area contributed by atoms with Crippen LogP contribution in [0.25, 0.3) is 10.8 Å². The number of amides is 2. The highest BCUT2D eigenvalue weighted by Crippen LogP contribution is 2.22. The number of nitrogens with one attached hydrogen (secondary N) is 2. The van der Waals surface area contributed by atoms with E-state index in [0.717, 1.165) is 21.9 Å². The van der Waals surface area contributed by atoms with Crippen molar-refractivity contribution in [3.63, 3.8) is 0 Å². The van der Waals surface area contributed by atoms with Crippen molar-refractivity contribution >= 4 is 22.6 Å². The number of hydrogen-bond donors (Lipinski definition) is 2. The van der Waals surface area contributed by atoms with Gasteiger partial charge in [0, 0.05) is 0 Å². The quantitative estimate of drug-likeness (QED) is 0.630. The Kier molecular flexibility index (Phi) is 6.34. The zero-order valence-corrected chi connectivity index (χ0v) is 16.7. The number of hydrazine groups is 1. The van der Waals surface area contributed by atoms with Gasteiger partial charge in [0.2, 0.25) is 0 Å². The molecule has 0 bridgehead atoms. The fourth-order valence-electron chi connectivity index (χ4n) is 2.93. The monoisotopic (exact) mass is 392 g/mol. The van der Waals surface area contributed by atoms with E-state index in [1.54, 1.807) is 6.92 Å². The van der Waals surface area contributed by atoms with Crippen LogP contribution in [-0.2, 0) is 9.59 Å². The molecule has 0 aliphatic rings. The maximum absolute atomic E-state index is 12.2. The van der Waals surface area contributed by atoms with Crippen LogP contribution in [0.4, 0.5) is 0 Å². The lowest BCUT2D eigenvalue weighted by molar-refractivity contribution is -0.133. The number of para-hydroxylation sites is 1. The summed E-state index contributed by atoms with van der Waals surface area (Å²) in [4.78, 5) is 24.2. The smallest absolute Gasteiger partial charge is 0.279 e. The van der Waals surface area contributed by atoms with Gasteiger partial charge in [0.25, 0.3) is 11.8 Å². The largest absolute Gasteiger partial charge is 0.483 e. The number of hydrogen-bond acceptors (Lipinski definition) is 4. The minimum Gasteiger partial charge on any atom is -0.483 e. The molecule has 29 heavy (non-hydrogen) atoms. The molecular formula is C23H24N2O4. The van der Waals surface area contributed by atoms with Gasteiger partial charge in [0.15, 0.2) is 12.7 Å². The SMILES string of the molecule is Cc1cccc(C)c1OCC(=O)NNC(=O)[C@@H](C)Oc1ccc2ccccc2c1. The van der Waals surface area contributed by atoms with Crippen LogP contribution in [0.5, 0.6) is 11.5 Å². The highest BCUT2D eigenvalue weighted by atomic mass is 16.5. The van der Waals surface area contributed by atoms with Crippen LogP contribution in [0.2, 0.25) is 0 Å². The molecule has 3 aromatic rings. The normalized spacial score (nSPS) is 11.6. The fourth-order valence-corrected chi connectivity index (χ4v) is 2.93. The van der Waals surface area contributed by atoms with E-state index in [9.17, 15) is 9.59 Å². The van der Waals surface area contributed by atoms with Crippen LogP contribution >= 0.6 is 0 Å². The maximum atomic E-state index is 12.2. The second kappa shape index (κ2) is 9.10. The third-order valence-electron chi connectivity index (χ3n) is 4.48. The summed E-state index contributed by atoms with van der Waals surface area (Å²) >= 11 is 0. The first kappa shape index (κ1) is 20.2. The Morgan fingerprint density at radius 3 is 2.31 bits per heavy atom. The van der Waals surface area contributed by atoms with E-state index < -0.39 is 17.9 Å². The lowest BCUT2D eigenvalue weighted by Crippen LogP contribution is -2.48. The Balaban J connectivity index is 1.48. The zero-order valence-electron chi connectivity index (χ0n) is 16.7. The summed E-state index contributed by atoms with van der Waals surface area (Å²) < 4.78 is 11.2. The third-order valence-corrected chi connectivity index (χ3v) is 4.48. The van der Waals surface area contributed by atoms with Crippen LogP contribution in [0.15, 0.2) is 60.7 Å². The average molecular weight is 392 g/mol. The molecule has 6 heteroatoms. The van der Waals surface area contributed by atoms with E-state index in [1.165, 1.54) is 0 Å². The highest BCUT2D eigenvalue weighted by Gasteiger charge is 2.16. The molecule has 0 spiro atoms. The van der Waals surface area contributed by atoms with Crippen molar-refractivity contribution in [3.8, 4) is 11.5 Å². The Morgan fingerprint density at radius 1 is 0.897 bits per heavy atom. The van der Waals surface area contributed by atoms with Gasteiger partial charge in [-0.15, -0.1) is 0 Å². The molecule has 150 valence electrons. The number of rotatable bonds is 6. The number of ether oxygens (including phenoxy) is 2. The fraction of sp³-hybridized carbons (Fsp3) is 0.217. The molecule has 6 nitrogen and oxygen atoms in total. The minimum absolute atomic E-state index is 0.202. The Labute approximate surface area is 169 Å². The van der Waals surface area contributed by atoms with E-state index in [1.807, 2.05) is 74.5 Å². The summed E-state index contributed by atoms with van der Waals surface area (Å²) in [6, 6.07) is 19.2. The van der Waals surface area contributed by atoms with Gasteiger partial charge < -0.3 is 9.47 Å². The van der Waals surface area contributed by atoms with Crippen molar-refractivity contribution < 1.29 is 19.1 Å². The van der Waals surface area contributed by atoms with Crippen molar-refractivity contribution in [3.05, 3.63) is 71.8 Å². The molecule has 2 amide bonds. The topological polar surface area (TPSA) is 76.7 Å². The van der Waals surface area contributed by atoms with Crippen LogP contribution in [0, 0.1) is 13.8 Å². The standard InChI is InChI=1S/C23H24N2O4/c1-15-7-6-8-16(2)22(15)28-14-21(26)24-25-23(27)17(3)29-20-12-11-18-9-4-5-10-19(18)13-20/h4-13,17H,14H2,1-3H3,(H,24,26)(H,25,27)/t17-/m1/s1. The number of carbonyl (C=O) groups excluding carboxylic acids is 2. The lowest BCUT2D eigenvalue weighted by Gasteiger charge is -2.16. The minimum atomic E-state index is -0.781. The summed E-state index contributed by atoms with van der Waals surface area (Å²) in [6.45, 7) is 5.23. The van der Waals surface area contributed by atoms with Crippen LogP contribution in [-0.4, -0.2) is 24.5 Å². The number of benzene rings is 3. The van der Waals surface area contributed by atoms with E-state index in [2.05, 4.69) is 10.9 Å². The number of carbonyl (C=O) groups is 2. The van der Waals surface area contributed by atoms with E-state index in [-0.39, 0.29) is 6.61 Å². The summed E-state index contributed by atoms with van der Waals surface area (Å²) in [7, 11) is 0. The van der Waals surface area contributed by atoms with Crippen molar-refractivity contribution in [1.29, 1.82) is 0 Å². The Morgan fingerprint density at radius 2 is 1.59 bits per heavy atom. The molecule has 0 unspecified atom stereocenters. The highest BCUT2D eigenvalue weighted by molar-refractivity contribution is 5.86. The maximum Gasteiger partial charge on any atom is 0.279 e. The molecule has 3 rings (SSSR count). The van der Waals surface area contributed by atoms with E-state index in [4.69, 9.17) is 9.47 Å². The molecule has 0 saturated carbocycles. The third kappa shape index (κ3) is 5.25. The van der Waals surface area contributed by atoms with Gasteiger partial charge in [-0.1, -0.05) is 48.5 Å². The molecule has 0 aliphatic carbocycles. The van der Waals surface area contributed by atoms with Crippen molar-refractivity contribution in [2.75, 3.05) is 6.61 Å². The molecule has 1 atom stereocenters. The molecule has 0 saturated heterocycles. The van der Waals surface area contributed by atoms with Crippen LogP contribution in [0.1, 0.15) is 18.1 Å². The Bertz CT molecular complexity index is 1010. The van der Waals surface area contributed by atoms with Crippen molar-refractivity contribution in [1.82, 2.24) is 10.9 Å². The Hall–Kier alpha value is -3.54. The second-order valence-electron chi connectivity index (χ2n) is 6.82. The van der Waals surface area contributed by atoms with Crippen molar-refractivity contribution in [2.45, 2.75) is 26.9 Å². The van der Waals surface area contributed by atoms with Crippen molar-refractivity contribution in [2.24, 2.45) is 0 Å². The van der Waals surface area contributed by atoms with Gasteiger partial charge in [-0.3, -0.25) is 20.4 Å². The van der Waals surface area contributed by atoms with Gasteiger partial charge in [-0.2, -0.15) is 0 Å². The first-order valence-electron chi connectivity index (χ1n) is 9.37. The zero-order chi connectivity index (χ0) is 20.8. The first-order chi connectivity index (χ1) is 13.9. The van der Waals surface area contributed by atoms with Gasteiger partial charge in [0.05, 0.1) is 0 Å². The molecule has 0 heterocycles. The molecule has 0 fully saturated rings. The van der Waals surface area contributed by atoms with E-state index in [0.29, 0.717) is 11.5 Å². The summed E-state index contributed by atoms with van der Waals surface area (Å²) in [5.74, 6) is 0.329. The van der Waals surface area contributed by atoms with Gasteiger partial charge in [0.1, 0.15) is 11.5 Å². The predicted octanol–water partition coefficient (Wildman–Crippen LogP) is 3.45. The molecule has 2 N–H and O–H groups in total. The molecule has 3 aromatic carbocycles. The van der Waals surface area contributed by atoms with Gasteiger partial charge >= 0.3 is 0 Å². The summed E-state index contributed by atoms with van der Waals surface area (Å²) in [5.41, 5.74) is 6.59. The van der Waals surface area contributed by atoms with E-state index >= 15 is 0 Å². The van der Waals surface area contributed by atoms with Gasteiger partial charge in [-0.05, 0) is 54.8 Å². The number of aryl methyl sites for hydroxylation is 2. The predicted molar refractivity (Wildman–Crippen MR) is 112 cm³/mol. The first-order valence-corrected chi connectivity index (χ1v) is 9.37. The van der Waals surface area contributed by atoms with Crippen LogP contribution in [0.3, 0.4) is 0 Å².